The van der Waals surface area contributed by atoms with Crippen molar-refractivity contribution in [2.45, 2.75) is 69.9 Å². The van der Waals surface area contributed by atoms with Crippen LogP contribution in [0.5, 0.6) is 0 Å². The maximum Gasteiger partial charge on any atom is 0.220 e. The van der Waals surface area contributed by atoms with Crippen LogP contribution in [0.3, 0.4) is 0 Å². The van der Waals surface area contributed by atoms with Crippen LogP contribution >= 0.6 is 0 Å². The third-order valence-corrected chi connectivity index (χ3v) is 4.49. The maximum absolute atomic E-state index is 11.9. The molecule has 2 aliphatic rings. The summed E-state index contributed by atoms with van der Waals surface area (Å²) in [5.74, 6) is 1.00. The molecule has 2 rings (SSSR count). The van der Waals surface area contributed by atoms with E-state index in [1.807, 2.05) is 0 Å². The highest BCUT2D eigenvalue weighted by Gasteiger charge is 2.20. The topological polar surface area (TPSA) is 64.3 Å². The monoisotopic (exact) mass is 268 g/mol. The van der Waals surface area contributed by atoms with E-state index >= 15 is 0 Å². The number of amides is 1. The Morgan fingerprint density at radius 3 is 2.47 bits per heavy atom. The van der Waals surface area contributed by atoms with E-state index in [-0.39, 0.29) is 5.91 Å². The molecule has 0 bridgehead atoms. The van der Waals surface area contributed by atoms with Crippen molar-refractivity contribution in [2.75, 3.05) is 13.2 Å². The van der Waals surface area contributed by atoms with Crippen molar-refractivity contribution in [3.63, 3.8) is 0 Å². The van der Waals surface area contributed by atoms with Gasteiger partial charge in [0.05, 0.1) is 0 Å². The third kappa shape index (κ3) is 5.49. The molecule has 1 saturated heterocycles. The van der Waals surface area contributed by atoms with Crippen molar-refractivity contribution in [3.05, 3.63) is 0 Å². The lowest BCUT2D eigenvalue weighted by molar-refractivity contribution is -0.122. The molecule has 0 radical (unpaired) electrons. The van der Waals surface area contributed by atoms with Gasteiger partial charge in [0, 0.05) is 31.7 Å². The van der Waals surface area contributed by atoms with Crippen LogP contribution in [-0.2, 0) is 9.53 Å². The van der Waals surface area contributed by atoms with Gasteiger partial charge in [-0.15, -0.1) is 0 Å². The van der Waals surface area contributed by atoms with E-state index in [9.17, 15) is 4.79 Å². The van der Waals surface area contributed by atoms with Crippen LogP contribution in [0.15, 0.2) is 0 Å². The lowest BCUT2D eigenvalue weighted by Gasteiger charge is -2.27. The number of nitrogens with two attached hydrogens (primary N) is 1. The van der Waals surface area contributed by atoms with Gasteiger partial charge in [-0.2, -0.15) is 0 Å². The van der Waals surface area contributed by atoms with Crippen molar-refractivity contribution in [1.82, 2.24) is 5.32 Å². The highest BCUT2D eigenvalue weighted by atomic mass is 16.5. The van der Waals surface area contributed by atoms with Gasteiger partial charge in [0.15, 0.2) is 0 Å². The molecule has 1 amide bonds. The molecule has 19 heavy (non-hydrogen) atoms. The van der Waals surface area contributed by atoms with Gasteiger partial charge in [-0.1, -0.05) is 0 Å². The molecule has 0 aromatic heterocycles. The highest BCUT2D eigenvalue weighted by Crippen LogP contribution is 2.21. The molecule has 1 heterocycles. The zero-order valence-corrected chi connectivity index (χ0v) is 11.9. The molecule has 110 valence electrons. The first kappa shape index (κ1) is 14.8. The first-order chi connectivity index (χ1) is 9.24. The van der Waals surface area contributed by atoms with Crippen LogP contribution in [0, 0.1) is 5.92 Å². The number of carbonyl (C=O) groups is 1. The standard InChI is InChI=1S/C15H28N2O2/c16-13-4-6-14(7-5-13)17-15(18)3-1-2-12-8-10-19-11-9-12/h12-14H,1-11,16H2,(H,17,18). The molecule has 0 atom stereocenters. The Hall–Kier alpha value is -0.610. The third-order valence-electron chi connectivity index (χ3n) is 4.49. The second-order valence-electron chi connectivity index (χ2n) is 6.13. The van der Waals surface area contributed by atoms with Crippen LogP contribution in [0.2, 0.25) is 0 Å². The number of nitrogens with one attached hydrogen (secondary N) is 1. The van der Waals surface area contributed by atoms with Gasteiger partial charge >= 0.3 is 0 Å². The average Bonchev–Trinajstić information content (AvgIpc) is 2.43. The van der Waals surface area contributed by atoms with Gasteiger partial charge in [-0.25, -0.2) is 0 Å². The van der Waals surface area contributed by atoms with Crippen LogP contribution < -0.4 is 11.1 Å². The molecule has 0 aromatic carbocycles. The minimum Gasteiger partial charge on any atom is -0.381 e. The van der Waals surface area contributed by atoms with Crippen LogP contribution in [-0.4, -0.2) is 31.2 Å². The van der Waals surface area contributed by atoms with Gasteiger partial charge in [0.25, 0.3) is 0 Å². The number of ether oxygens (including phenoxy) is 1. The van der Waals surface area contributed by atoms with E-state index in [0.29, 0.717) is 18.5 Å². The summed E-state index contributed by atoms with van der Waals surface area (Å²) in [6.45, 7) is 1.80. The fraction of sp³-hybridized carbons (Fsp3) is 0.933. The van der Waals surface area contributed by atoms with Gasteiger partial charge in [-0.3, -0.25) is 4.79 Å². The SMILES string of the molecule is NC1CCC(NC(=O)CCCC2CCOCC2)CC1. The zero-order valence-electron chi connectivity index (χ0n) is 11.9. The number of hydrogen-bond donors (Lipinski definition) is 2. The summed E-state index contributed by atoms with van der Waals surface area (Å²) in [6, 6.07) is 0.719. The van der Waals surface area contributed by atoms with Gasteiger partial charge in [0.1, 0.15) is 0 Å². The predicted octanol–water partition coefficient (Wildman–Crippen LogP) is 1.97. The number of carbonyl (C=O) groups excluding carboxylic acids is 1. The molecule has 4 heteroatoms. The zero-order chi connectivity index (χ0) is 13.5. The molecule has 1 saturated carbocycles. The average molecular weight is 268 g/mol. The fourth-order valence-electron chi connectivity index (χ4n) is 3.15. The van der Waals surface area contributed by atoms with E-state index in [0.717, 1.165) is 51.2 Å². The summed E-state index contributed by atoms with van der Waals surface area (Å²) < 4.78 is 5.35. The molecular formula is C15H28N2O2. The molecule has 4 nitrogen and oxygen atoms in total. The quantitative estimate of drug-likeness (QED) is 0.801. The van der Waals surface area contributed by atoms with Crippen molar-refractivity contribution in [3.8, 4) is 0 Å². The Morgan fingerprint density at radius 2 is 1.79 bits per heavy atom. The van der Waals surface area contributed by atoms with E-state index in [2.05, 4.69) is 5.32 Å². The molecular weight excluding hydrogens is 240 g/mol. The van der Waals surface area contributed by atoms with Crippen LogP contribution in [0.25, 0.3) is 0 Å². The second kappa shape index (κ2) is 7.85. The van der Waals surface area contributed by atoms with Gasteiger partial charge in [-0.05, 0) is 57.3 Å². The lowest BCUT2D eigenvalue weighted by atomic mass is 9.91. The largest absolute Gasteiger partial charge is 0.381 e. The predicted molar refractivity (Wildman–Crippen MR) is 75.8 cm³/mol. The Balaban J connectivity index is 1.54. The first-order valence-electron chi connectivity index (χ1n) is 7.86. The molecule has 0 aromatic rings. The molecule has 1 aliphatic carbocycles. The number of hydrogen-bond acceptors (Lipinski definition) is 3. The summed E-state index contributed by atoms with van der Waals surface area (Å²) in [7, 11) is 0. The highest BCUT2D eigenvalue weighted by molar-refractivity contribution is 5.76. The Bertz CT molecular complexity index is 269. The van der Waals surface area contributed by atoms with Crippen molar-refractivity contribution in [2.24, 2.45) is 11.7 Å². The Morgan fingerprint density at radius 1 is 1.11 bits per heavy atom. The van der Waals surface area contributed by atoms with Crippen LogP contribution in [0.1, 0.15) is 57.8 Å². The normalized spacial score (nSPS) is 29.1. The minimum absolute atomic E-state index is 0.229. The summed E-state index contributed by atoms with van der Waals surface area (Å²) in [6.07, 6.45) is 9.40. The summed E-state index contributed by atoms with van der Waals surface area (Å²) >= 11 is 0. The first-order valence-corrected chi connectivity index (χ1v) is 7.86. The molecule has 1 aliphatic heterocycles. The van der Waals surface area contributed by atoms with Crippen molar-refractivity contribution < 1.29 is 9.53 Å². The van der Waals surface area contributed by atoms with Gasteiger partial charge in [0.2, 0.25) is 5.91 Å². The lowest BCUT2D eigenvalue weighted by Crippen LogP contribution is -2.40. The van der Waals surface area contributed by atoms with Gasteiger partial charge < -0.3 is 15.8 Å². The Kier molecular flexibility index (Phi) is 6.11. The van der Waals surface area contributed by atoms with E-state index < -0.39 is 0 Å². The molecule has 2 fully saturated rings. The molecule has 3 N–H and O–H groups in total. The van der Waals surface area contributed by atoms with E-state index in [1.165, 1.54) is 19.3 Å². The van der Waals surface area contributed by atoms with E-state index in [4.69, 9.17) is 10.5 Å². The fourth-order valence-corrected chi connectivity index (χ4v) is 3.15. The maximum atomic E-state index is 11.9. The molecule has 0 unspecified atom stereocenters. The van der Waals surface area contributed by atoms with Crippen LogP contribution in [0.4, 0.5) is 0 Å². The summed E-state index contributed by atoms with van der Waals surface area (Å²) in [5, 5.41) is 3.16. The number of rotatable bonds is 5. The molecule has 0 spiro atoms. The second-order valence-corrected chi connectivity index (χ2v) is 6.13. The summed E-state index contributed by atoms with van der Waals surface area (Å²) in [5.41, 5.74) is 5.87. The van der Waals surface area contributed by atoms with Crippen molar-refractivity contribution >= 4 is 5.91 Å². The summed E-state index contributed by atoms with van der Waals surface area (Å²) in [4.78, 5) is 11.9. The Labute approximate surface area is 116 Å². The smallest absolute Gasteiger partial charge is 0.220 e. The van der Waals surface area contributed by atoms with E-state index in [1.54, 1.807) is 0 Å². The van der Waals surface area contributed by atoms with Crippen molar-refractivity contribution in [1.29, 1.82) is 0 Å². The minimum atomic E-state index is 0.229.